The fraction of sp³-hybridized carbons (Fsp3) is 0.750. The summed E-state index contributed by atoms with van der Waals surface area (Å²) in [7, 11) is 2.07. The first-order valence-electron chi connectivity index (χ1n) is 5.94. The summed E-state index contributed by atoms with van der Waals surface area (Å²) < 4.78 is 2.11. The predicted molar refractivity (Wildman–Crippen MR) is 61.6 cm³/mol. The molecule has 1 aliphatic rings. The molecule has 1 fully saturated rings. The molecule has 0 aliphatic heterocycles. The average Bonchev–Trinajstić information content (AvgIpc) is 2.57. The van der Waals surface area contributed by atoms with E-state index in [1.54, 1.807) is 0 Å². The number of imidazole rings is 1. The minimum Gasteiger partial charge on any atom is -0.337 e. The molecule has 1 heterocycles. The van der Waals surface area contributed by atoms with Crippen molar-refractivity contribution in [2.75, 3.05) is 0 Å². The summed E-state index contributed by atoms with van der Waals surface area (Å²) in [6.07, 6.45) is 7.64. The summed E-state index contributed by atoms with van der Waals surface area (Å²) in [6, 6.07) is 1.13. The van der Waals surface area contributed by atoms with Gasteiger partial charge in [0.15, 0.2) is 0 Å². The van der Waals surface area contributed by atoms with E-state index >= 15 is 0 Å². The van der Waals surface area contributed by atoms with Gasteiger partial charge in [-0.1, -0.05) is 13.8 Å². The quantitative estimate of drug-likeness (QED) is 0.820. The third kappa shape index (κ3) is 2.23. The third-order valence-electron chi connectivity index (χ3n) is 3.39. The average molecular weight is 207 g/mol. The second-order valence-electron chi connectivity index (χ2n) is 4.80. The Kier molecular flexibility index (Phi) is 3.10. The number of nitrogens with one attached hydrogen (secondary N) is 1. The fourth-order valence-electron chi connectivity index (χ4n) is 2.41. The molecule has 2 rings (SSSR count). The summed E-state index contributed by atoms with van der Waals surface area (Å²) in [5.74, 6) is 2.07. The van der Waals surface area contributed by atoms with Gasteiger partial charge in [-0.25, -0.2) is 4.98 Å². The maximum atomic E-state index is 4.42. The number of rotatable bonds is 4. The molecule has 1 unspecified atom stereocenters. The van der Waals surface area contributed by atoms with E-state index in [2.05, 4.69) is 35.8 Å². The number of aromatic nitrogens is 2. The van der Waals surface area contributed by atoms with Gasteiger partial charge >= 0.3 is 0 Å². The smallest absolute Gasteiger partial charge is 0.125 e. The van der Waals surface area contributed by atoms with Crippen LogP contribution in [0.4, 0.5) is 0 Å². The summed E-state index contributed by atoms with van der Waals surface area (Å²) in [5.41, 5.74) is 0. The molecule has 15 heavy (non-hydrogen) atoms. The summed E-state index contributed by atoms with van der Waals surface area (Å²) in [4.78, 5) is 4.42. The molecule has 84 valence electrons. The molecule has 0 radical (unpaired) electrons. The van der Waals surface area contributed by atoms with E-state index in [-0.39, 0.29) is 0 Å². The Morgan fingerprint density at radius 1 is 1.60 bits per heavy atom. The molecular formula is C12H21N3. The first-order valence-corrected chi connectivity index (χ1v) is 5.94. The van der Waals surface area contributed by atoms with Crippen molar-refractivity contribution in [1.82, 2.24) is 14.9 Å². The molecule has 3 heteroatoms. The van der Waals surface area contributed by atoms with E-state index in [1.165, 1.54) is 12.8 Å². The van der Waals surface area contributed by atoms with E-state index in [0.29, 0.717) is 12.1 Å². The van der Waals surface area contributed by atoms with Crippen molar-refractivity contribution in [3.8, 4) is 0 Å². The van der Waals surface area contributed by atoms with Gasteiger partial charge in [-0.05, 0) is 25.2 Å². The van der Waals surface area contributed by atoms with E-state index < -0.39 is 0 Å². The standard InChI is InChI=1S/C12H21N3/c1-4-11(12-13-5-6-15(12)3)14-10-7-9(2)8-10/h5-6,9-11,14H,4,7-8H2,1-3H3. The topological polar surface area (TPSA) is 29.9 Å². The van der Waals surface area contributed by atoms with Crippen LogP contribution in [0.15, 0.2) is 12.4 Å². The lowest BCUT2D eigenvalue weighted by Gasteiger charge is -2.36. The molecule has 1 aromatic heterocycles. The van der Waals surface area contributed by atoms with Crippen LogP contribution in [-0.2, 0) is 7.05 Å². The van der Waals surface area contributed by atoms with Crippen molar-refractivity contribution < 1.29 is 0 Å². The zero-order chi connectivity index (χ0) is 10.8. The van der Waals surface area contributed by atoms with Crippen molar-refractivity contribution >= 4 is 0 Å². The lowest BCUT2D eigenvalue weighted by atomic mass is 9.81. The van der Waals surface area contributed by atoms with Crippen molar-refractivity contribution in [2.24, 2.45) is 13.0 Å². The molecule has 1 saturated carbocycles. The fourth-order valence-corrected chi connectivity index (χ4v) is 2.41. The van der Waals surface area contributed by atoms with Crippen LogP contribution in [0, 0.1) is 5.92 Å². The summed E-state index contributed by atoms with van der Waals surface area (Å²) in [6.45, 7) is 4.54. The van der Waals surface area contributed by atoms with Crippen molar-refractivity contribution in [2.45, 2.75) is 45.2 Å². The van der Waals surface area contributed by atoms with Gasteiger partial charge in [-0.2, -0.15) is 0 Å². The van der Waals surface area contributed by atoms with Gasteiger partial charge in [0.2, 0.25) is 0 Å². The molecule has 1 aromatic rings. The SMILES string of the molecule is CCC(NC1CC(C)C1)c1nccn1C. The van der Waals surface area contributed by atoms with Crippen LogP contribution in [0.2, 0.25) is 0 Å². The second kappa shape index (κ2) is 4.35. The van der Waals surface area contributed by atoms with Crippen LogP contribution in [0.5, 0.6) is 0 Å². The first kappa shape index (κ1) is 10.7. The van der Waals surface area contributed by atoms with Crippen LogP contribution in [-0.4, -0.2) is 15.6 Å². The summed E-state index contributed by atoms with van der Waals surface area (Å²) >= 11 is 0. The molecule has 0 bridgehead atoms. The normalized spacial score (nSPS) is 27.4. The maximum Gasteiger partial charge on any atom is 0.125 e. The number of aryl methyl sites for hydroxylation is 1. The molecular weight excluding hydrogens is 186 g/mol. The minimum absolute atomic E-state index is 0.419. The van der Waals surface area contributed by atoms with Gasteiger partial charge in [0.05, 0.1) is 6.04 Å². The molecule has 1 aliphatic carbocycles. The minimum atomic E-state index is 0.419. The number of nitrogens with zero attached hydrogens (tertiary/aromatic N) is 2. The molecule has 0 spiro atoms. The molecule has 1 N–H and O–H groups in total. The van der Waals surface area contributed by atoms with Gasteiger partial charge in [-0.15, -0.1) is 0 Å². The van der Waals surface area contributed by atoms with E-state index in [0.717, 1.165) is 18.2 Å². The zero-order valence-corrected chi connectivity index (χ0v) is 9.90. The van der Waals surface area contributed by atoms with Crippen LogP contribution < -0.4 is 5.32 Å². The summed E-state index contributed by atoms with van der Waals surface area (Å²) in [5, 5.41) is 3.69. The number of hydrogen-bond donors (Lipinski definition) is 1. The third-order valence-corrected chi connectivity index (χ3v) is 3.39. The first-order chi connectivity index (χ1) is 7.20. The largest absolute Gasteiger partial charge is 0.337 e. The van der Waals surface area contributed by atoms with Crippen LogP contribution in [0.3, 0.4) is 0 Å². The van der Waals surface area contributed by atoms with Gasteiger partial charge in [0.1, 0.15) is 5.82 Å². The highest BCUT2D eigenvalue weighted by molar-refractivity contribution is 5.00. The Balaban J connectivity index is 1.96. The highest BCUT2D eigenvalue weighted by Crippen LogP contribution is 2.29. The number of hydrogen-bond acceptors (Lipinski definition) is 2. The Bertz CT molecular complexity index is 312. The van der Waals surface area contributed by atoms with E-state index in [4.69, 9.17) is 0 Å². The van der Waals surface area contributed by atoms with Crippen molar-refractivity contribution in [3.63, 3.8) is 0 Å². The van der Waals surface area contributed by atoms with Gasteiger partial charge in [0, 0.05) is 25.5 Å². The van der Waals surface area contributed by atoms with Crippen molar-refractivity contribution in [3.05, 3.63) is 18.2 Å². The maximum absolute atomic E-state index is 4.42. The van der Waals surface area contributed by atoms with Crippen LogP contribution >= 0.6 is 0 Å². The molecule has 0 aromatic carbocycles. The van der Waals surface area contributed by atoms with E-state index in [9.17, 15) is 0 Å². The van der Waals surface area contributed by atoms with Gasteiger partial charge in [0.25, 0.3) is 0 Å². The second-order valence-corrected chi connectivity index (χ2v) is 4.80. The lowest BCUT2D eigenvalue weighted by Crippen LogP contribution is -2.42. The van der Waals surface area contributed by atoms with Gasteiger partial charge < -0.3 is 9.88 Å². The highest BCUT2D eigenvalue weighted by Gasteiger charge is 2.28. The Morgan fingerprint density at radius 2 is 2.33 bits per heavy atom. The van der Waals surface area contributed by atoms with Crippen LogP contribution in [0.25, 0.3) is 0 Å². The zero-order valence-electron chi connectivity index (χ0n) is 9.90. The van der Waals surface area contributed by atoms with Crippen molar-refractivity contribution in [1.29, 1.82) is 0 Å². The predicted octanol–water partition coefficient (Wildman–Crippen LogP) is 2.26. The Labute approximate surface area is 91.9 Å². The van der Waals surface area contributed by atoms with Crippen LogP contribution in [0.1, 0.15) is 45.0 Å². The van der Waals surface area contributed by atoms with Gasteiger partial charge in [-0.3, -0.25) is 0 Å². The molecule has 0 saturated heterocycles. The molecule has 1 atom stereocenters. The molecule has 0 amide bonds. The highest BCUT2D eigenvalue weighted by atomic mass is 15.1. The Morgan fingerprint density at radius 3 is 2.80 bits per heavy atom. The lowest BCUT2D eigenvalue weighted by molar-refractivity contribution is 0.217. The molecule has 3 nitrogen and oxygen atoms in total. The monoisotopic (exact) mass is 207 g/mol. The van der Waals surface area contributed by atoms with E-state index in [1.807, 2.05) is 12.4 Å². The Hall–Kier alpha value is -0.830.